The van der Waals surface area contributed by atoms with Gasteiger partial charge in [-0.3, -0.25) is 14.8 Å². The number of ether oxygens (including phenoxy) is 1. The summed E-state index contributed by atoms with van der Waals surface area (Å²) in [4.78, 5) is 15.3. The highest BCUT2D eigenvalue weighted by Gasteiger charge is 2.55. The monoisotopic (exact) mass is 368 g/mol. The van der Waals surface area contributed by atoms with E-state index >= 15 is 0 Å². The van der Waals surface area contributed by atoms with Crippen molar-refractivity contribution < 1.29 is 14.2 Å². The predicted octanol–water partition coefficient (Wildman–Crippen LogP) is 0.711. The summed E-state index contributed by atoms with van der Waals surface area (Å²) in [6.45, 7) is 3.70. The Balaban J connectivity index is 1.32. The molecule has 0 aliphatic carbocycles. The Bertz CT molecular complexity index is 955. The third-order valence-electron chi connectivity index (χ3n) is 5.66. The third-order valence-corrected chi connectivity index (χ3v) is 5.66. The van der Waals surface area contributed by atoms with Crippen LogP contribution in [0.5, 0.6) is 0 Å². The highest BCUT2D eigenvalue weighted by molar-refractivity contribution is 5.84. The molecule has 2 aromatic heterocycles. The van der Waals surface area contributed by atoms with Crippen LogP contribution < -0.4 is 5.32 Å². The Morgan fingerprint density at radius 3 is 3.22 bits per heavy atom. The van der Waals surface area contributed by atoms with Gasteiger partial charge in [-0.1, -0.05) is 12.1 Å². The number of carbonyl (C=O) groups excluding carboxylic acids is 1. The minimum Gasteiger partial charge on any atom is -0.380 e. The van der Waals surface area contributed by atoms with Crippen LogP contribution in [-0.4, -0.2) is 57.6 Å². The fourth-order valence-corrected chi connectivity index (χ4v) is 4.25. The lowest BCUT2D eigenvalue weighted by Gasteiger charge is -2.26. The molecule has 4 heterocycles. The number of rotatable bonds is 5. The van der Waals surface area contributed by atoms with E-state index in [0.29, 0.717) is 32.8 Å². The van der Waals surface area contributed by atoms with Gasteiger partial charge in [0, 0.05) is 31.7 Å². The molecule has 140 valence electrons. The van der Waals surface area contributed by atoms with E-state index < -0.39 is 5.41 Å². The summed E-state index contributed by atoms with van der Waals surface area (Å²) in [5.74, 6) is 0.234. The number of amides is 1. The molecule has 2 fully saturated rings. The van der Waals surface area contributed by atoms with Gasteiger partial charge in [-0.25, -0.2) is 4.63 Å². The number of fused-ring (bicyclic) bond motifs is 2. The molecule has 2 saturated heterocycles. The number of benzene rings is 1. The third kappa shape index (κ3) is 2.79. The summed E-state index contributed by atoms with van der Waals surface area (Å²) in [6, 6.07) is 7.72. The van der Waals surface area contributed by atoms with E-state index in [1.165, 1.54) is 0 Å². The van der Waals surface area contributed by atoms with Gasteiger partial charge in [0.2, 0.25) is 5.91 Å². The average Bonchev–Trinajstić information content (AvgIpc) is 3.42. The van der Waals surface area contributed by atoms with Crippen molar-refractivity contribution in [1.82, 2.24) is 30.7 Å². The molecule has 1 amide bonds. The van der Waals surface area contributed by atoms with Crippen LogP contribution in [0.3, 0.4) is 0 Å². The molecule has 27 heavy (non-hydrogen) atoms. The van der Waals surface area contributed by atoms with Gasteiger partial charge in [0.05, 0.1) is 30.9 Å². The lowest BCUT2D eigenvalue weighted by atomic mass is 9.80. The first-order valence-corrected chi connectivity index (χ1v) is 9.01. The zero-order valence-corrected chi connectivity index (χ0v) is 14.7. The molecule has 2 atom stereocenters. The number of nitrogens with zero attached hydrogens (tertiary/aromatic N) is 4. The first-order valence-electron chi connectivity index (χ1n) is 9.01. The molecule has 0 bridgehead atoms. The van der Waals surface area contributed by atoms with E-state index in [9.17, 15) is 4.79 Å². The summed E-state index contributed by atoms with van der Waals surface area (Å²) < 4.78 is 10.5. The van der Waals surface area contributed by atoms with Gasteiger partial charge in [-0.2, -0.15) is 5.10 Å². The molecule has 9 nitrogen and oxygen atoms in total. The highest BCUT2D eigenvalue weighted by atomic mass is 16.6. The van der Waals surface area contributed by atoms with Crippen LogP contribution in [0.1, 0.15) is 11.3 Å². The lowest BCUT2D eigenvalue weighted by molar-refractivity contribution is -0.131. The van der Waals surface area contributed by atoms with E-state index in [-0.39, 0.29) is 11.8 Å². The van der Waals surface area contributed by atoms with Gasteiger partial charge >= 0.3 is 0 Å². The molecule has 3 aromatic rings. The van der Waals surface area contributed by atoms with Gasteiger partial charge in [0.1, 0.15) is 11.0 Å². The Kier molecular flexibility index (Phi) is 3.91. The quantitative estimate of drug-likeness (QED) is 0.683. The molecule has 0 unspecified atom stereocenters. The molecule has 1 aromatic carbocycles. The molecule has 9 heteroatoms. The SMILES string of the molecule is O=C(NCc1ccn[nH]1)[C@@]12COC[C@@H]1CN(Cc1cccc3nonc13)C2. The van der Waals surface area contributed by atoms with Crippen LogP contribution in [0.25, 0.3) is 11.0 Å². The number of likely N-dealkylation sites (tertiary alicyclic amines) is 1. The topological polar surface area (TPSA) is 109 Å². The molecular weight excluding hydrogens is 348 g/mol. The summed E-state index contributed by atoms with van der Waals surface area (Å²) in [5.41, 5.74) is 2.97. The van der Waals surface area contributed by atoms with Crippen LogP contribution in [0.15, 0.2) is 35.1 Å². The molecule has 2 N–H and O–H groups in total. The average molecular weight is 368 g/mol. The van der Waals surface area contributed by atoms with Crippen molar-refractivity contribution in [2.45, 2.75) is 13.1 Å². The zero-order chi connectivity index (χ0) is 18.3. The normalized spacial score (nSPS) is 25.1. The fraction of sp³-hybridized carbons (Fsp3) is 0.444. The van der Waals surface area contributed by atoms with E-state index in [0.717, 1.165) is 28.8 Å². The molecule has 2 aliphatic rings. The van der Waals surface area contributed by atoms with Crippen LogP contribution >= 0.6 is 0 Å². The standard InChI is InChI=1S/C18H20N6O3/c25-17(19-6-14-4-5-20-21-14)18-10-24(8-13(18)9-26-11-18)7-12-2-1-3-15-16(12)23-27-22-15/h1-5,13H,6-11H2,(H,19,25)(H,20,21)/t13-,18-/m0/s1. The number of carbonyl (C=O) groups is 1. The second-order valence-electron chi connectivity index (χ2n) is 7.35. The van der Waals surface area contributed by atoms with Crippen LogP contribution in [0.2, 0.25) is 0 Å². The van der Waals surface area contributed by atoms with E-state index in [1.54, 1.807) is 6.20 Å². The smallest absolute Gasteiger partial charge is 0.230 e. The fourth-order valence-electron chi connectivity index (χ4n) is 4.25. The minimum absolute atomic E-state index is 0.0448. The van der Waals surface area contributed by atoms with Crippen LogP contribution in [-0.2, 0) is 22.6 Å². The van der Waals surface area contributed by atoms with Crippen molar-refractivity contribution in [2.24, 2.45) is 11.3 Å². The number of nitrogens with one attached hydrogen (secondary N) is 2. The first-order chi connectivity index (χ1) is 13.2. The second-order valence-corrected chi connectivity index (χ2v) is 7.35. The Morgan fingerprint density at radius 1 is 1.37 bits per heavy atom. The van der Waals surface area contributed by atoms with Crippen molar-refractivity contribution in [1.29, 1.82) is 0 Å². The lowest BCUT2D eigenvalue weighted by Crippen LogP contribution is -2.46. The van der Waals surface area contributed by atoms with Crippen LogP contribution in [0.4, 0.5) is 0 Å². The maximum absolute atomic E-state index is 13.0. The maximum Gasteiger partial charge on any atom is 0.230 e. The maximum atomic E-state index is 13.0. The van der Waals surface area contributed by atoms with Gasteiger partial charge in [-0.05, 0) is 28.0 Å². The Morgan fingerprint density at radius 2 is 2.33 bits per heavy atom. The molecule has 0 radical (unpaired) electrons. The zero-order valence-electron chi connectivity index (χ0n) is 14.7. The second kappa shape index (κ2) is 6.43. The van der Waals surface area contributed by atoms with Crippen molar-refractivity contribution in [3.05, 3.63) is 41.7 Å². The predicted molar refractivity (Wildman–Crippen MR) is 94.3 cm³/mol. The number of aromatic nitrogens is 4. The molecular formula is C18H20N6O3. The largest absolute Gasteiger partial charge is 0.380 e. The summed E-state index contributed by atoms with van der Waals surface area (Å²) in [7, 11) is 0. The highest BCUT2D eigenvalue weighted by Crippen LogP contribution is 2.42. The molecule has 0 spiro atoms. The van der Waals surface area contributed by atoms with Gasteiger partial charge < -0.3 is 10.1 Å². The van der Waals surface area contributed by atoms with Crippen LogP contribution in [0, 0.1) is 11.3 Å². The summed E-state index contributed by atoms with van der Waals surface area (Å²) in [5, 5.41) is 17.7. The van der Waals surface area contributed by atoms with Crippen molar-refractivity contribution in [3.63, 3.8) is 0 Å². The Labute approximate surface area is 155 Å². The molecule has 0 saturated carbocycles. The van der Waals surface area contributed by atoms with Crippen molar-refractivity contribution in [2.75, 3.05) is 26.3 Å². The van der Waals surface area contributed by atoms with Crippen molar-refractivity contribution >= 4 is 16.9 Å². The van der Waals surface area contributed by atoms with Gasteiger partial charge in [0.15, 0.2) is 0 Å². The van der Waals surface area contributed by atoms with Gasteiger partial charge in [-0.15, -0.1) is 0 Å². The molecule has 5 rings (SSSR count). The molecule has 2 aliphatic heterocycles. The summed E-state index contributed by atoms with van der Waals surface area (Å²) in [6.07, 6.45) is 1.68. The van der Waals surface area contributed by atoms with Gasteiger partial charge in [0.25, 0.3) is 0 Å². The van der Waals surface area contributed by atoms with Crippen molar-refractivity contribution in [3.8, 4) is 0 Å². The van der Waals surface area contributed by atoms with E-state index in [4.69, 9.17) is 9.37 Å². The number of hydrogen-bond acceptors (Lipinski definition) is 7. The number of aromatic amines is 1. The van der Waals surface area contributed by atoms with E-state index in [2.05, 4.69) is 30.7 Å². The van der Waals surface area contributed by atoms with E-state index in [1.807, 2.05) is 24.3 Å². The minimum atomic E-state index is -0.504. The number of H-pyrrole nitrogens is 1. The number of hydrogen-bond donors (Lipinski definition) is 2. The first kappa shape index (κ1) is 16.4. The Hall–Kier alpha value is -2.78. The summed E-state index contributed by atoms with van der Waals surface area (Å²) >= 11 is 0.